The third-order valence-electron chi connectivity index (χ3n) is 3.81. The first-order valence-electron chi connectivity index (χ1n) is 6.75. The van der Waals surface area contributed by atoms with Gasteiger partial charge in [0.1, 0.15) is 11.8 Å². The molecule has 1 fully saturated rings. The van der Waals surface area contributed by atoms with E-state index in [4.69, 9.17) is 5.73 Å². The molecule has 0 aliphatic heterocycles. The number of hydrogen-bond acceptors (Lipinski definition) is 6. The summed E-state index contributed by atoms with van der Waals surface area (Å²) < 4.78 is 1.75. The second kappa shape index (κ2) is 4.80. The molecule has 0 atom stereocenters. The molecule has 0 saturated heterocycles. The van der Waals surface area contributed by atoms with E-state index in [-0.39, 0.29) is 18.1 Å². The molecule has 1 aliphatic carbocycles. The van der Waals surface area contributed by atoms with E-state index in [2.05, 4.69) is 20.3 Å². The van der Waals surface area contributed by atoms with Gasteiger partial charge in [0.15, 0.2) is 17.2 Å². The van der Waals surface area contributed by atoms with Crippen molar-refractivity contribution < 1.29 is 9.59 Å². The number of aromatic nitrogens is 4. The largest absolute Gasteiger partial charge is 0.382 e. The van der Waals surface area contributed by atoms with E-state index in [1.807, 2.05) is 0 Å². The number of anilines is 1. The number of nitrogens with two attached hydrogens (primary N) is 1. The molecule has 21 heavy (non-hydrogen) atoms. The van der Waals surface area contributed by atoms with Crippen LogP contribution in [0.15, 0.2) is 12.7 Å². The maximum Gasteiger partial charge on any atom is 0.222 e. The van der Waals surface area contributed by atoms with Crippen molar-refractivity contribution in [3.8, 4) is 0 Å². The van der Waals surface area contributed by atoms with Crippen LogP contribution in [-0.4, -0.2) is 36.7 Å². The molecule has 2 aromatic rings. The van der Waals surface area contributed by atoms with Crippen LogP contribution in [0.5, 0.6) is 0 Å². The molecule has 110 valence electrons. The van der Waals surface area contributed by atoms with E-state index in [0.717, 1.165) is 12.8 Å². The summed E-state index contributed by atoms with van der Waals surface area (Å²) in [7, 11) is 0. The number of imidazole rings is 1. The van der Waals surface area contributed by atoms with E-state index in [0.29, 0.717) is 23.5 Å². The Labute approximate surface area is 120 Å². The van der Waals surface area contributed by atoms with Crippen molar-refractivity contribution in [2.45, 2.75) is 38.3 Å². The summed E-state index contributed by atoms with van der Waals surface area (Å²) in [5.41, 5.74) is 6.22. The molecular weight excluding hydrogens is 272 g/mol. The van der Waals surface area contributed by atoms with Crippen molar-refractivity contribution in [2.75, 3.05) is 5.73 Å². The fourth-order valence-corrected chi connectivity index (χ4v) is 2.30. The topological polar surface area (TPSA) is 116 Å². The first kappa shape index (κ1) is 13.5. The monoisotopic (exact) mass is 288 g/mol. The number of amides is 1. The lowest BCUT2D eigenvalue weighted by molar-refractivity contribution is -0.127. The molecule has 0 aromatic carbocycles. The van der Waals surface area contributed by atoms with Gasteiger partial charge in [0.2, 0.25) is 5.91 Å². The number of carbonyl (C=O) groups excluding carboxylic acids is 2. The standard InChI is InChI=1S/C13H16N6O2/c1-8(20)13(3-4-13)18-9(21)2-5-19-7-17-10-11(14)15-6-16-12(10)19/h6-7H,2-5H2,1H3,(H,18,21)(H2,14,15,16). The predicted octanol–water partition coefficient (Wildman–Crippen LogP) is 0.0364. The van der Waals surface area contributed by atoms with Crippen LogP contribution in [0.4, 0.5) is 5.82 Å². The van der Waals surface area contributed by atoms with Crippen LogP contribution in [0.1, 0.15) is 26.2 Å². The van der Waals surface area contributed by atoms with Crippen molar-refractivity contribution in [3.05, 3.63) is 12.7 Å². The molecular formula is C13H16N6O2. The summed E-state index contributed by atoms with van der Waals surface area (Å²) in [6.45, 7) is 1.93. The van der Waals surface area contributed by atoms with Crippen LogP contribution in [0.2, 0.25) is 0 Å². The van der Waals surface area contributed by atoms with Gasteiger partial charge < -0.3 is 15.6 Å². The zero-order valence-electron chi connectivity index (χ0n) is 11.7. The minimum atomic E-state index is -0.610. The first-order valence-corrected chi connectivity index (χ1v) is 6.75. The van der Waals surface area contributed by atoms with Gasteiger partial charge in [-0.25, -0.2) is 15.0 Å². The maximum absolute atomic E-state index is 11.9. The van der Waals surface area contributed by atoms with Gasteiger partial charge >= 0.3 is 0 Å². The highest BCUT2D eigenvalue weighted by Crippen LogP contribution is 2.36. The minimum absolute atomic E-state index is 0.0180. The Bertz CT molecular complexity index is 719. The SMILES string of the molecule is CC(=O)C1(NC(=O)CCn2cnc3c(N)ncnc32)CC1. The first-order chi connectivity index (χ1) is 10.0. The van der Waals surface area contributed by atoms with Crippen molar-refractivity contribution in [1.29, 1.82) is 0 Å². The van der Waals surface area contributed by atoms with Crippen LogP contribution in [-0.2, 0) is 16.1 Å². The lowest BCUT2D eigenvalue weighted by Crippen LogP contribution is -2.42. The second-order valence-corrected chi connectivity index (χ2v) is 5.31. The van der Waals surface area contributed by atoms with E-state index >= 15 is 0 Å². The average Bonchev–Trinajstić information content (AvgIpc) is 3.10. The Kier molecular flexibility index (Phi) is 3.08. The molecule has 1 amide bonds. The molecule has 0 bridgehead atoms. The Morgan fingerprint density at radius 2 is 2.14 bits per heavy atom. The van der Waals surface area contributed by atoms with Gasteiger partial charge in [0.05, 0.1) is 11.9 Å². The molecule has 2 aromatic heterocycles. The zero-order valence-corrected chi connectivity index (χ0v) is 11.7. The summed E-state index contributed by atoms with van der Waals surface area (Å²) in [6, 6.07) is 0. The number of carbonyl (C=O) groups is 2. The molecule has 8 nitrogen and oxygen atoms in total. The molecule has 0 unspecified atom stereocenters. The quantitative estimate of drug-likeness (QED) is 0.802. The lowest BCUT2D eigenvalue weighted by atomic mass is 10.1. The highest BCUT2D eigenvalue weighted by molar-refractivity contribution is 5.94. The summed E-state index contributed by atoms with van der Waals surface area (Å²) in [5, 5.41) is 2.81. The number of rotatable bonds is 5. The van der Waals surface area contributed by atoms with Crippen molar-refractivity contribution >= 4 is 28.7 Å². The molecule has 8 heteroatoms. The molecule has 3 rings (SSSR count). The van der Waals surface area contributed by atoms with Crippen LogP contribution in [0, 0.1) is 0 Å². The molecule has 1 aliphatic rings. The maximum atomic E-state index is 11.9. The van der Waals surface area contributed by atoms with Gasteiger partial charge in [-0.2, -0.15) is 0 Å². The normalized spacial score (nSPS) is 15.9. The number of nitrogens with one attached hydrogen (secondary N) is 1. The highest BCUT2D eigenvalue weighted by atomic mass is 16.2. The smallest absolute Gasteiger partial charge is 0.222 e. The van der Waals surface area contributed by atoms with Crippen LogP contribution in [0.25, 0.3) is 11.2 Å². The van der Waals surface area contributed by atoms with Gasteiger partial charge in [-0.15, -0.1) is 0 Å². The fourth-order valence-electron chi connectivity index (χ4n) is 2.30. The van der Waals surface area contributed by atoms with Gasteiger partial charge in [-0.3, -0.25) is 9.59 Å². The second-order valence-electron chi connectivity index (χ2n) is 5.31. The van der Waals surface area contributed by atoms with Crippen LogP contribution in [0.3, 0.4) is 0 Å². The van der Waals surface area contributed by atoms with Crippen LogP contribution >= 0.6 is 0 Å². The van der Waals surface area contributed by atoms with E-state index in [9.17, 15) is 9.59 Å². The average molecular weight is 288 g/mol. The Balaban J connectivity index is 1.66. The zero-order chi connectivity index (χ0) is 15.0. The van der Waals surface area contributed by atoms with E-state index < -0.39 is 5.54 Å². The molecule has 2 heterocycles. The highest BCUT2D eigenvalue weighted by Gasteiger charge is 2.48. The van der Waals surface area contributed by atoms with Gasteiger partial charge in [-0.1, -0.05) is 0 Å². The molecule has 0 spiro atoms. The summed E-state index contributed by atoms with van der Waals surface area (Å²) in [4.78, 5) is 35.5. The molecule has 0 radical (unpaired) electrons. The summed E-state index contributed by atoms with van der Waals surface area (Å²) in [6.07, 6.45) is 4.66. The van der Waals surface area contributed by atoms with Crippen molar-refractivity contribution in [1.82, 2.24) is 24.8 Å². The van der Waals surface area contributed by atoms with E-state index in [1.165, 1.54) is 13.3 Å². The number of aryl methyl sites for hydroxylation is 1. The van der Waals surface area contributed by atoms with Gasteiger partial charge in [-0.05, 0) is 19.8 Å². The Hall–Kier alpha value is -2.51. The number of Topliss-reactive ketones (excluding diaryl/α,β-unsaturated/α-hetero) is 1. The Morgan fingerprint density at radius 1 is 1.38 bits per heavy atom. The number of ketones is 1. The van der Waals surface area contributed by atoms with Crippen LogP contribution < -0.4 is 11.1 Å². The number of nitrogen functional groups attached to an aromatic ring is 1. The number of nitrogens with zero attached hydrogens (tertiary/aromatic N) is 4. The third-order valence-corrected chi connectivity index (χ3v) is 3.81. The lowest BCUT2D eigenvalue weighted by Gasteiger charge is -2.13. The summed E-state index contributed by atoms with van der Waals surface area (Å²) in [5.74, 6) is 0.188. The van der Waals surface area contributed by atoms with Crippen molar-refractivity contribution in [3.63, 3.8) is 0 Å². The number of fused-ring (bicyclic) bond motifs is 1. The number of hydrogen-bond donors (Lipinski definition) is 2. The third kappa shape index (κ3) is 2.44. The molecule has 3 N–H and O–H groups in total. The molecule has 1 saturated carbocycles. The predicted molar refractivity (Wildman–Crippen MR) is 75.1 cm³/mol. The van der Waals surface area contributed by atoms with Gasteiger partial charge in [0.25, 0.3) is 0 Å². The van der Waals surface area contributed by atoms with Crippen molar-refractivity contribution in [2.24, 2.45) is 0 Å². The minimum Gasteiger partial charge on any atom is -0.382 e. The Morgan fingerprint density at radius 3 is 2.81 bits per heavy atom. The van der Waals surface area contributed by atoms with E-state index in [1.54, 1.807) is 10.9 Å². The van der Waals surface area contributed by atoms with Gasteiger partial charge in [0, 0.05) is 13.0 Å². The summed E-state index contributed by atoms with van der Waals surface area (Å²) >= 11 is 0. The fraction of sp³-hybridized carbons (Fsp3) is 0.462.